The molecule has 1 heterocycles. The Morgan fingerprint density at radius 1 is 1.50 bits per heavy atom. The number of likely N-dealkylation sites (tertiary alicyclic amines) is 1. The summed E-state index contributed by atoms with van der Waals surface area (Å²) in [5, 5.41) is 12.8. The Morgan fingerprint density at radius 3 is 2.80 bits per heavy atom. The monoisotopic (exact) mass is 286 g/mol. The third kappa shape index (κ3) is 6.09. The van der Waals surface area contributed by atoms with Crippen molar-refractivity contribution in [2.45, 2.75) is 71.1 Å². The third-order valence-electron chi connectivity index (χ3n) is 3.51. The van der Waals surface area contributed by atoms with Crippen LogP contribution >= 0.6 is 0 Å². The number of hydrogen-bond acceptors (Lipinski definition) is 4. The normalized spacial score (nSPS) is 21.1. The Labute approximate surface area is 122 Å². The molecule has 0 aromatic carbocycles. The summed E-state index contributed by atoms with van der Waals surface area (Å²) >= 11 is 0. The molecule has 0 aromatic rings. The molecule has 1 saturated heterocycles. The highest BCUT2D eigenvalue weighted by Gasteiger charge is 2.31. The van der Waals surface area contributed by atoms with E-state index < -0.39 is 5.60 Å². The molecule has 5 nitrogen and oxygen atoms in total. The lowest BCUT2D eigenvalue weighted by Gasteiger charge is -2.28. The Kier molecular flexibility index (Phi) is 6.76. The molecule has 1 aliphatic heterocycles. The van der Waals surface area contributed by atoms with Gasteiger partial charge in [0.2, 0.25) is 0 Å². The average Bonchev–Trinajstić information content (AvgIpc) is 2.80. The fourth-order valence-electron chi connectivity index (χ4n) is 2.35. The van der Waals surface area contributed by atoms with Gasteiger partial charge in [0, 0.05) is 19.1 Å². The Bertz CT molecular complexity index is 302. The maximum atomic E-state index is 12.1. The van der Waals surface area contributed by atoms with E-state index in [0.29, 0.717) is 0 Å². The van der Waals surface area contributed by atoms with Crippen molar-refractivity contribution in [2.24, 2.45) is 0 Å². The van der Waals surface area contributed by atoms with Crippen LogP contribution in [0.15, 0.2) is 0 Å². The van der Waals surface area contributed by atoms with Crippen LogP contribution in [0.1, 0.15) is 53.4 Å². The van der Waals surface area contributed by atoms with Gasteiger partial charge in [-0.05, 0) is 53.0 Å². The molecule has 20 heavy (non-hydrogen) atoms. The minimum absolute atomic E-state index is 0.212. The van der Waals surface area contributed by atoms with Gasteiger partial charge in [0.25, 0.3) is 0 Å². The van der Waals surface area contributed by atoms with Gasteiger partial charge >= 0.3 is 6.09 Å². The maximum absolute atomic E-state index is 12.1. The number of carbonyl (C=O) groups is 1. The average molecular weight is 286 g/mol. The molecule has 0 aromatic heterocycles. The molecule has 118 valence electrons. The molecule has 0 bridgehead atoms. The Balaban J connectivity index is 2.32. The van der Waals surface area contributed by atoms with E-state index in [9.17, 15) is 9.90 Å². The molecule has 1 fully saturated rings. The predicted octanol–water partition coefficient (Wildman–Crippen LogP) is 2.14. The summed E-state index contributed by atoms with van der Waals surface area (Å²) in [6.45, 7) is 9.98. The number of ether oxygens (including phenoxy) is 1. The topological polar surface area (TPSA) is 61.8 Å². The lowest BCUT2D eigenvalue weighted by atomic mass is 10.2. The van der Waals surface area contributed by atoms with Gasteiger partial charge < -0.3 is 20.1 Å². The summed E-state index contributed by atoms with van der Waals surface area (Å²) in [7, 11) is 0. The first-order valence-electron chi connectivity index (χ1n) is 7.72. The molecule has 2 atom stereocenters. The van der Waals surface area contributed by atoms with Crippen LogP contribution in [0, 0.1) is 0 Å². The molecule has 1 rings (SSSR count). The van der Waals surface area contributed by atoms with Crippen LogP contribution in [-0.4, -0.2) is 53.5 Å². The van der Waals surface area contributed by atoms with Crippen LogP contribution in [0.25, 0.3) is 0 Å². The van der Waals surface area contributed by atoms with Crippen LogP contribution in [0.3, 0.4) is 0 Å². The van der Waals surface area contributed by atoms with Crippen molar-refractivity contribution in [2.75, 3.05) is 19.6 Å². The number of aliphatic hydroxyl groups is 1. The van der Waals surface area contributed by atoms with Gasteiger partial charge in [-0.3, -0.25) is 0 Å². The fourth-order valence-corrected chi connectivity index (χ4v) is 2.35. The fraction of sp³-hybridized carbons (Fsp3) is 0.933. The molecule has 0 spiro atoms. The van der Waals surface area contributed by atoms with Crippen molar-refractivity contribution >= 4 is 6.09 Å². The number of amides is 1. The van der Waals surface area contributed by atoms with Gasteiger partial charge in [0.05, 0.1) is 6.10 Å². The second-order valence-electron chi connectivity index (χ2n) is 6.52. The minimum Gasteiger partial charge on any atom is -0.444 e. The van der Waals surface area contributed by atoms with Crippen molar-refractivity contribution in [1.82, 2.24) is 10.2 Å². The first kappa shape index (κ1) is 17.2. The second kappa shape index (κ2) is 7.84. The van der Waals surface area contributed by atoms with E-state index in [1.807, 2.05) is 32.6 Å². The molecule has 1 amide bonds. The molecule has 0 aliphatic carbocycles. The van der Waals surface area contributed by atoms with E-state index in [0.717, 1.165) is 45.3 Å². The summed E-state index contributed by atoms with van der Waals surface area (Å²) < 4.78 is 5.43. The number of carbonyl (C=O) groups excluding carboxylic acids is 1. The molecule has 5 heteroatoms. The standard InChI is InChI=1S/C15H30N2O3/c1-5-13(18)8-9-16-11-12-7-6-10-17(12)14(19)20-15(2,3)4/h12-13,16,18H,5-11H2,1-4H3. The number of nitrogens with zero attached hydrogens (tertiary/aromatic N) is 1. The van der Waals surface area contributed by atoms with E-state index in [-0.39, 0.29) is 18.2 Å². The molecule has 2 N–H and O–H groups in total. The first-order chi connectivity index (χ1) is 9.33. The van der Waals surface area contributed by atoms with E-state index in [1.165, 1.54) is 0 Å². The van der Waals surface area contributed by atoms with Crippen LogP contribution in [0.2, 0.25) is 0 Å². The van der Waals surface area contributed by atoms with Crippen LogP contribution < -0.4 is 5.32 Å². The second-order valence-corrected chi connectivity index (χ2v) is 6.52. The highest BCUT2D eigenvalue weighted by molar-refractivity contribution is 5.69. The van der Waals surface area contributed by atoms with Gasteiger partial charge in [-0.25, -0.2) is 4.79 Å². The summed E-state index contributed by atoms with van der Waals surface area (Å²) in [5.41, 5.74) is -0.442. The summed E-state index contributed by atoms with van der Waals surface area (Å²) in [5.74, 6) is 0. The van der Waals surface area contributed by atoms with E-state index >= 15 is 0 Å². The highest BCUT2D eigenvalue weighted by Crippen LogP contribution is 2.20. The molecule has 1 aliphatic rings. The largest absolute Gasteiger partial charge is 0.444 e. The molecular formula is C15H30N2O3. The summed E-state index contributed by atoms with van der Waals surface area (Å²) in [4.78, 5) is 13.9. The van der Waals surface area contributed by atoms with Crippen molar-refractivity contribution in [1.29, 1.82) is 0 Å². The smallest absolute Gasteiger partial charge is 0.410 e. The third-order valence-corrected chi connectivity index (χ3v) is 3.51. The molecule has 0 radical (unpaired) electrons. The molecule has 2 unspecified atom stereocenters. The van der Waals surface area contributed by atoms with E-state index in [4.69, 9.17) is 4.74 Å². The zero-order valence-corrected chi connectivity index (χ0v) is 13.3. The predicted molar refractivity (Wildman–Crippen MR) is 79.7 cm³/mol. The van der Waals surface area contributed by atoms with Gasteiger partial charge in [-0.2, -0.15) is 0 Å². The minimum atomic E-state index is -0.442. The highest BCUT2D eigenvalue weighted by atomic mass is 16.6. The molecular weight excluding hydrogens is 256 g/mol. The van der Waals surface area contributed by atoms with Crippen LogP contribution in [0.5, 0.6) is 0 Å². The van der Waals surface area contributed by atoms with Gasteiger partial charge in [0.15, 0.2) is 0 Å². The van der Waals surface area contributed by atoms with Crippen molar-refractivity contribution in [3.05, 3.63) is 0 Å². The van der Waals surface area contributed by atoms with Crippen molar-refractivity contribution < 1.29 is 14.6 Å². The SMILES string of the molecule is CCC(O)CCNCC1CCCN1C(=O)OC(C)(C)C. The Morgan fingerprint density at radius 2 is 2.20 bits per heavy atom. The lowest BCUT2D eigenvalue weighted by Crippen LogP contribution is -2.44. The molecule has 0 saturated carbocycles. The van der Waals surface area contributed by atoms with Crippen LogP contribution in [-0.2, 0) is 4.74 Å². The summed E-state index contributed by atoms with van der Waals surface area (Å²) in [6, 6.07) is 0.212. The zero-order valence-electron chi connectivity index (χ0n) is 13.3. The van der Waals surface area contributed by atoms with Crippen LogP contribution in [0.4, 0.5) is 4.79 Å². The number of hydrogen-bond donors (Lipinski definition) is 2. The van der Waals surface area contributed by atoms with Gasteiger partial charge in [0.1, 0.15) is 5.60 Å². The number of nitrogens with one attached hydrogen (secondary N) is 1. The van der Waals surface area contributed by atoms with E-state index in [2.05, 4.69) is 5.32 Å². The van der Waals surface area contributed by atoms with Gasteiger partial charge in [-0.15, -0.1) is 0 Å². The van der Waals surface area contributed by atoms with Crippen molar-refractivity contribution in [3.8, 4) is 0 Å². The van der Waals surface area contributed by atoms with Crippen molar-refractivity contribution in [3.63, 3.8) is 0 Å². The number of aliphatic hydroxyl groups excluding tert-OH is 1. The lowest BCUT2D eigenvalue weighted by molar-refractivity contribution is 0.0226. The maximum Gasteiger partial charge on any atom is 0.410 e. The Hall–Kier alpha value is -0.810. The quantitative estimate of drug-likeness (QED) is 0.734. The first-order valence-corrected chi connectivity index (χ1v) is 7.72. The number of rotatable bonds is 6. The summed E-state index contributed by atoms with van der Waals surface area (Å²) in [6.07, 6.45) is 3.15. The van der Waals surface area contributed by atoms with E-state index in [1.54, 1.807) is 0 Å². The zero-order chi connectivity index (χ0) is 15.2. The van der Waals surface area contributed by atoms with Gasteiger partial charge in [-0.1, -0.05) is 6.92 Å².